The summed E-state index contributed by atoms with van der Waals surface area (Å²) in [7, 11) is 1.80. The fourth-order valence-electron chi connectivity index (χ4n) is 1.92. The maximum Gasteiger partial charge on any atom is 0.337 e. The van der Waals surface area contributed by atoms with E-state index >= 15 is 0 Å². The van der Waals surface area contributed by atoms with Gasteiger partial charge in [0.25, 0.3) is 0 Å². The number of hydrogen-bond donors (Lipinski definition) is 1. The number of halogens is 1. The lowest BCUT2D eigenvalue weighted by atomic mass is 10.1. The summed E-state index contributed by atoms with van der Waals surface area (Å²) >= 11 is 6.07. The van der Waals surface area contributed by atoms with Crippen LogP contribution in [0, 0.1) is 11.3 Å². The Morgan fingerprint density at radius 3 is 2.86 bits per heavy atom. The molecule has 21 heavy (non-hydrogen) atoms. The molecule has 2 aromatic rings. The third kappa shape index (κ3) is 3.50. The largest absolute Gasteiger partial charge is 0.478 e. The number of rotatable bonds is 4. The molecular weight excluding hydrogens is 290 g/mol. The molecule has 0 aliphatic heterocycles. The molecule has 1 aromatic heterocycles. The summed E-state index contributed by atoms with van der Waals surface area (Å²) in [6.45, 7) is 0.509. The summed E-state index contributed by atoms with van der Waals surface area (Å²) in [6.07, 6.45) is 1.27. The molecule has 1 N–H and O–H groups in total. The van der Waals surface area contributed by atoms with Gasteiger partial charge in [-0.2, -0.15) is 5.26 Å². The quantitative estimate of drug-likeness (QED) is 0.939. The van der Waals surface area contributed by atoms with Crippen molar-refractivity contribution in [2.75, 3.05) is 11.9 Å². The van der Waals surface area contributed by atoms with Crippen LogP contribution in [-0.4, -0.2) is 23.1 Å². The minimum Gasteiger partial charge on any atom is -0.478 e. The number of carboxylic acid groups (broad SMARTS) is 1. The highest BCUT2D eigenvalue weighted by Crippen LogP contribution is 2.24. The fraction of sp³-hybridized carbons (Fsp3) is 0.133. The predicted molar refractivity (Wildman–Crippen MR) is 79.5 cm³/mol. The topological polar surface area (TPSA) is 77.2 Å². The Balaban J connectivity index is 2.22. The Hall–Kier alpha value is -2.58. The van der Waals surface area contributed by atoms with Gasteiger partial charge in [0.05, 0.1) is 22.2 Å². The number of aromatic nitrogens is 1. The number of nitrogens with zero attached hydrogens (tertiary/aromatic N) is 3. The normalized spacial score (nSPS) is 9.95. The molecule has 6 heteroatoms. The van der Waals surface area contributed by atoms with E-state index in [2.05, 4.69) is 11.1 Å². The highest BCUT2D eigenvalue weighted by molar-refractivity contribution is 6.33. The average Bonchev–Trinajstić information content (AvgIpc) is 2.47. The van der Waals surface area contributed by atoms with Crippen LogP contribution in [0.1, 0.15) is 21.5 Å². The Labute approximate surface area is 127 Å². The Bertz CT molecular complexity index is 725. The molecule has 0 atom stereocenters. The van der Waals surface area contributed by atoms with Crippen molar-refractivity contribution in [2.24, 2.45) is 0 Å². The van der Waals surface area contributed by atoms with Crippen molar-refractivity contribution in [1.29, 1.82) is 5.26 Å². The van der Waals surface area contributed by atoms with Gasteiger partial charge in [0.2, 0.25) is 0 Å². The maximum atomic E-state index is 10.9. The standard InChI is InChI=1S/C15H12ClN3O2/c1-19(9-11-4-2-3-10(5-11)7-17)14-13(16)6-12(8-18-14)15(20)21/h2-6,8H,9H2,1H3,(H,20,21). The lowest BCUT2D eigenvalue weighted by Crippen LogP contribution is -2.18. The molecule has 5 nitrogen and oxygen atoms in total. The second kappa shape index (κ2) is 6.25. The van der Waals surface area contributed by atoms with Crippen molar-refractivity contribution in [3.63, 3.8) is 0 Å². The predicted octanol–water partition coefficient (Wildman–Crippen LogP) is 2.94. The van der Waals surface area contributed by atoms with Crippen molar-refractivity contribution in [3.05, 3.63) is 58.2 Å². The van der Waals surface area contributed by atoms with E-state index in [-0.39, 0.29) is 10.6 Å². The van der Waals surface area contributed by atoms with E-state index in [0.717, 1.165) is 5.56 Å². The number of carboxylic acids is 1. The van der Waals surface area contributed by atoms with Crippen LogP contribution in [0.4, 0.5) is 5.82 Å². The molecule has 0 aliphatic rings. The van der Waals surface area contributed by atoms with Gasteiger partial charge in [-0.1, -0.05) is 23.7 Å². The molecule has 0 bridgehead atoms. The first kappa shape index (κ1) is 14.8. The van der Waals surface area contributed by atoms with E-state index in [1.165, 1.54) is 12.3 Å². The molecule has 1 heterocycles. The molecule has 2 rings (SSSR count). The summed E-state index contributed by atoms with van der Waals surface area (Å²) in [5, 5.41) is 18.0. The average molecular weight is 302 g/mol. The zero-order valence-electron chi connectivity index (χ0n) is 11.2. The van der Waals surface area contributed by atoms with Crippen LogP contribution in [-0.2, 0) is 6.54 Å². The highest BCUT2D eigenvalue weighted by atomic mass is 35.5. The van der Waals surface area contributed by atoms with Crippen molar-refractivity contribution < 1.29 is 9.90 Å². The van der Waals surface area contributed by atoms with Gasteiger partial charge in [0.1, 0.15) is 5.82 Å². The summed E-state index contributed by atoms with van der Waals surface area (Å²) < 4.78 is 0. The minimum absolute atomic E-state index is 0.0450. The van der Waals surface area contributed by atoms with E-state index in [1.807, 2.05) is 12.1 Å². The highest BCUT2D eigenvalue weighted by Gasteiger charge is 2.12. The number of aromatic carboxylic acids is 1. The molecule has 0 unspecified atom stereocenters. The second-order valence-electron chi connectivity index (χ2n) is 4.50. The minimum atomic E-state index is -1.07. The first-order valence-corrected chi connectivity index (χ1v) is 6.48. The lowest BCUT2D eigenvalue weighted by molar-refractivity contribution is 0.0696. The van der Waals surface area contributed by atoms with Gasteiger partial charge in [0.15, 0.2) is 0 Å². The van der Waals surface area contributed by atoms with Gasteiger partial charge in [-0.3, -0.25) is 0 Å². The molecule has 0 radical (unpaired) electrons. The van der Waals surface area contributed by atoms with E-state index in [9.17, 15) is 4.79 Å². The third-order valence-electron chi connectivity index (χ3n) is 2.91. The number of pyridine rings is 1. The van der Waals surface area contributed by atoms with Crippen LogP contribution in [0.25, 0.3) is 0 Å². The van der Waals surface area contributed by atoms with Crippen molar-refractivity contribution in [2.45, 2.75) is 6.54 Å². The maximum absolute atomic E-state index is 10.9. The molecule has 0 fully saturated rings. The molecule has 0 spiro atoms. The van der Waals surface area contributed by atoms with Crippen LogP contribution in [0.3, 0.4) is 0 Å². The van der Waals surface area contributed by atoms with Gasteiger partial charge in [0, 0.05) is 19.8 Å². The zero-order valence-corrected chi connectivity index (χ0v) is 12.0. The summed E-state index contributed by atoms with van der Waals surface area (Å²) in [6, 6.07) is 10.7. The number of benzene rings is 1. The van der Waals surface area contributed by atoms with Gasteiger partial charge >= 0.3 is 5.97 Å². The number of hydrogen-bond acceptors (Lipinski definition) is 4. The molecule has 0 amide bonds. The number of anilines is 1. The smallest absolute Gasteiger partial charge is 0.337 e. The van der Waals surface area contributed by atoms with Crippen molar-refractivity contribution in [3.8, 4) is 6.07 Å². The molecule has 1 aromatic carbocycles. The van der Waals surface area contributed by atoms with E-state index in [0.29, 0.717) is 17.9 Å². The molecule has 0 saturated carbocycles. The second-order valence-corrected chi connectivity index (χ2v) is 4.91. The Kier molecular flexibility index (Phi) is 4.41. The fourth-order valence-corrected chi connectivity index (χ4v) is 2.23. The Morgan fingerprint density at radius 1 is 1.48 bits per heavy atom. The van der Waals surface area contributed by atoms with Crippen LogP contribution < -0.4 is 4.90 Å². The lowest BCUT2D eigenvalue weighted by Gasteiger charge is -2.19. The third-order valence-corrected chi connectivity index (χ3v) is 3.18. The van der Waals surface area contributed by atoms with E-state index < -0.39 is 5.97 Å². The van der Waals surface area contributed by atoms with E-state index in [1.54, 1.807) is 24.1 Å². The molecular formula is C15H12ClN3O2. The van der Waals surface area contributed by atoms with Gasteiger partial charge in [-0.05, 0) is 23.8 Å². The first-order valence-electron chi connectivity index (χ1n) is 6.10. The summed E-state index contributed by atoms with van der Waals surface area (Å²) in [4.78, 5) is 16.7. The van der Waals surface area contributed by atoms with Gasteiger partial charge in [-0.15, -0.1) is 0 Å². The summed E-state index contributed by atoms with van der Waals surface area (Å²) in [5.41, 5.74) is 1.57. The number of carbonyl (C=O) groups is 1. The van der Waals surface area contributed by atoms with Crippen molar-refractivity contribution in [1.82, 2.24) is 4.98 Å². The van der Waals surface area contributed by atoms with Crippen LogP contribution >= 0.6 is 11.6 Å². The Morgan fingerprint density at radius 2 is 2.24 bits per heavy atom. The summed E-state index contributed by atoms with van der Waals surface area (Å²) in [5.74, 6) is -0.579. The van der Waals surface area contributed by atoms with Crippen LogP contribution in [0.2, 0.25) is 5.02 Å². The van der Waals surface area contributed by atoms with Crippen molar-refractivity contribution >= 4 is 23.4 Å². The SMILES string of the molecule is CN(Cc1cccc(C#N)c1)c1ncc(C(=O)O)cc1Cl. The molecule has 0 aliphatic carbocycles. The van der Waals surface area contributed by atoms with Crippen LogP contribution in [0.5, 0.6) is 0 Å². The first-order chi connectivity index (χ1) is 10.0. The van der Waals surface area contributed by atoms with E-state index in [4.69, 9.17) is 22.0 Å². The van der Waals surface area contributed by atoms with Crippen LogP contribution in [0.15, 0.2) is 36.5 Å². The monoisotopic (exact) mass is 301 g/mol. The number of nitriles is 1. The van der Waals surface area contributed by atoms with Gasteiger partial charge in [-0.25, -0.2) is 9.78 Å². The van der Waals surface area contributed by atoms with Gasteiger partial charge < -0.3 is 10.0 Å². The zero-order chi connectivity index (χ0) is 15.4. The molecule has 106 valence electrons. The molecule has 0 saturated heterocycles.